The summed E-state index contributed by atoms with van der Waals surface area (Å²) in [7, 11) is 2.03. The number of likely N-dealkylation sites (N-methyl/N-ethyl adjacent to an activating group) is 1. The van der Waals surface area contributed by atoms with E-state index in [2.05, 4.69) is 34.0 Å². The molecule has 108 valence electrons. The Labute approximate surface area is 124 Å². The molecule has 0 radical (unpaired) electrons. The third-order valence-corrected chi connectivity index (χ3v) is 5.40. The van der Waals surface area contributed by atoms with Gasteiger partial charge in [0, 0.05) is 24.0 Å². The van der Waals surface area contributed by atoms with Crippen LogP contribution in [0.25, 0.3) is 10.2 Å². The van der Waals surface area contributed by atoms with Crippen LogP contribution in [0.3, 0.4) is 0 Å². The number of piperidine rings is 1. The summed E-state index contributed by atoms with van der Waals surface area (Å²) < 4.78 is 0. The summed E-state index contributed by atoms with van der Waals surface area (Å²) in [5.41, 5.74) is 1.34. The molecule has 2 aromatic rings. The molecule has 0 amide bonds. The van der Waals surface area contributed by atoms with Crippen molar-refractivity contribution in [2.45, 2.75) is 39.2 Å². The van der Waals surface area contributed by atoms with Gasteiger partial charge < -0.3 is 10.2 Å². The number of fused-ring (bicyclic) bond motifs is 1. The lowest BCUT2D eigenvalue weighted by atomic mass is 10.0. The lowest BCUT2D eigenvalue weighted by Crippen LogP contribution is -2.45. The van der Waals surface area contributed by atoms with Crippen LogP contribution in [0.5, 0.6) is 0 Å². The summed E-state index contributed by atoms with van der Waals surface area (Å²) in [6.45, 7) is 6.49. The second-order valence-electron chi connectivity index (χ2n) is 5.56. The fraction of sp³-hybridized carbons (Fsp3) is 0.600. The molecule has 20 heavy (non-hydrogen) atoms. The topological polar surface area (TPSA) is 41.0 Å². The molecule has 5 heteroatoms. The molecule has 0 saturated carbocycles. The van der Waals surface area contributed by atoms with Crippen molar-refractivity contribution >= 4 is 27.4 Å². The van der Waals surface area contributed by atoms with Crippen LogP contribution < -0.4 is 10.2 Å². The van der Waals surface area contributed by atoms with Crippen molar-refractivity contribution in [2.24, 2.45) is 0 Å². The van der Waals surface area contributed by atoms with Crippen LogP contribution in [0.2, 0.25) is 0 Å². The highest BCUT2D eigenvalue weighted by Gasteiger charge is 2.26. The van der Waals surface area contributed by atoms with Crippen LogP contribution in [0.4, 0.5) is 5.82 Å². The highest BCUT2D eigenvalue weighted by molar-refractivity contribution is 7.18. The number of thiophene rings is 1. The first-order chi connectivity index (χ1) is 9.72. The minimum atomic E-state index is 0.548. The Hall–Kier alpha value is -1.20. The molecule has 1 unspecified atom stereocenters. The van der Waals surface area contributed by atoms with Gasteiger partial charge in [-0.05, 0) is 45.7 Å². The van der Waals surface area contributed by atoms with Crippen LogP contribution in [0.1, 0.15) is 29.7 Å². The van der Waals surface area contributed by atoms with Crippen molar-refractivity contribution in [2.75, 3.05) is 25.0 Å². The van der Waals surface area contributed by atoms with E-state index in [0.717, 1.165) is 23.7 Å². The number of anilines is 1. The van der Waals surface area contributed by atoms with E-state index in [0.29, 0.717) is 6.04 Å². The monoisotopic (exact) mass is 290 g/mol. The van der Waals surface area contributed by atoms with Crippen LogP contribution in [-0.2, 0) is 0 Å². The van der Waals surface area contributed by atoms with Crippen molar-refractivity contribution in [1.29, 1.82) is 0 Å². The third kappa shape index (κ3) is 2.29. The Morgan fingerprint density at radius 1 is 1.35 bits per heavy atom. The van der Waals surface area contributed by atoms with Crippen molar-refractivity contribution in [3.05, 3.63) is 16.8 Å². The zero-order valence-electron chi connectivity index (χ0n) is 12.4. The Balaban J connectivity index is 2.08. The van der Waals surface area contributed by atoms with Gasteiger partial charge in [0.2, 0.25) is 0 Å². The van der Waals surface area contributed by atoms with Gasteiger partial charge in [0.25, 0.3) is 0 Å². The van der Waals surface area contributed by atoms with Crippen molar-refractivity contribution in [3.8, 4) is 0 Å². The normalized spacial score (nSPS) is 19.8. The number of aryl methyl sites for hydroxylation is 2. The number of nitrogens with zero attached hydrogens (tertiary/aromatic N) is 3. The van der Waals surface area contributed by atoms with E-state index in [1.54, 1.807) is 17.7 Å². The summed E-state index contributed by atoms with van der Waals surface area (Å²) >= 11 is 1.78. The molecular formula is C15H22N4S. The number of aromatic nitrogens is 2. The van der Waals surface area contributed by atoms with Gasteiger partial charge in [0.05, 0.1) is 5.39 Å². The molecule has 0 spiro atoms. The summed E-state index contributed by atoms with van der Waals surface area (Å²) in [6.07, 6.45) is 5.54. The van der Waals surface area contributed by atoms with E-state index in [9.17, 15) is 0 Å². The fourth-order valence-corrected chi connectivity index (χ4v) is 4.10. The van der Waals surface area contributed by atoms with E-state index in [1.807, 2.05) is 7.05 Å². The molecular weight excluding hydrogens is 268 g/mol. The Kier molecular flexibility index (Phi) is 3.89. The maximum atomic E-state index is 4.63. The number of hydrogen-bond acceptors (Lipinski definition) is 5. The zero-order valence-corrected chi connectivity index (χ0v) is 13.3. The van der Waals surface area contributed by atoms with Crippen LogP contribution in [0.15, 0.2) is 6.33 Å². The Morgan fingerprint density at radius 2 is 2.20 bits per heavy atom. The first-order valence-electron chi connectivity index (χ1n) is 7.34. The van der Waals surface area contributed by atoms with E-state index >= 15 is 0 Å². The van der Waals surface area contributed by atoms with Crippen molar-refractivity contribution in [3.63, 3.8) is 0 Å². The molecule has 4 nitrogen and oxygen atoms in total. The number of hydrogen-bond donors (Lipinski definition) is 1. The molecule has 3 rings (SSSR count). The summed E-state index contributed by atoms with van der Waals surface area (Å²) in [5, 5.41) is 4.58. The smallest absolute Gasteiger partial charge is 0.141 e. The van der Waals surface area contributed by atoms with Gasteiger partial charge in [0.15, 0.2) is 0 Å². The number of nitrogens with one attached hydrogen (secondary N) is 1. The second-order valence-corrected chi connectivity index (χ2v) is 6.76. The predicted molar refractivity (Wildman–Crippen MR) is 85.8 cm³/mol. The van der Waals surface area contributed by atoms with Gasteiger partial charge in [-0.1, -0.05) is 0 Å². The van der Waals surface area contributed by atoms with Gasteiger partial charge in [-0.3, -0.25) is 0 Å². The molecule has 0 aromatic carbocycles. The molecule has 1 aliphatic rings. The molecule has 0 aliphatic carbocycles. The third-order valence-electron chi connectivity index (χ3n) is 4.28. The Bertz CT molecular complexity index is 605. The van der Waals surface area contributed by atoms with Crippen LogP contribution >= 0.6 is 11.3 Å². The van der Waals surface area contributed by atoms with E-state index in [4.69, 9.17) is 0 Å². The highest BCUT2D eigenvalue weighted by atomic mass is 32.1. The van der Waals surface area contributed by atoms with E-state index in [-0.39, 0.29) is 0 Å². The number of rotatable bonds is 3. The van der Waals surface area contributed by atoms with Gasteiger partial charge in [-0.2, -0.15) is 0 Å². The van der Waals surface area contributed by atoms with Crippen molar-refractivity contribution in [1.82, 2.24) is 15.3 Å². The predicted octanol–water partition coefficient (Wildman–Crippen LogP) is 2.89. The van der Waals surface area contributed by atoms with Crippen LogP contribution in [0, 0.1) is 13.8 Å². The molecule has 2 aromatic heterocycles. The maximum Gasteiger partial charge on any atom is 0.141 e. The average Bonchev–Trinajstić information content (AvgIpc) is 2.75. The molecule has 1 atom stereocenters. The van der Waals surface area contributed by atoms with Crippen molar-refractivity contribution < 1.29 is 0 Å². The molecule has 1 saturated heterocycles. The molecule has 1 fully saturated rings. The van der Waals surface area contributed by atoms with E-state index in [1.165, 1.54) is 35.1 Å². The standard InChI is InChI=1S/C15H22N4S/c1-10-11(2)20-15-13(10)14(17-9-18-15)19-7-5-4-6-12(19)8-16-3/h9,12,16H,4-8H2,1-3H3. The molecule has 1 aliphatic heterocycles. The first kappa shape index (κ1) is 13.8. The summed E-state index contributed by atoms with van der Waals surface area (Å²) in [4.78, 5) is 14.0. The lowest BCUT2D eigenvalue weighted by molar-refractivity contribution is 0.444. The minimum Gasteiger partial charge on any atom is -0.352 e. The highest BCUT2D eigenvalue weighted by Crippen LogP contribution is 2.36. The average molecular weight is 290 g/mol. The maximum absolute atomic E-state index is 4.63. The summed E-state index contributed by atoms with van der Waals surface area (Å²) in [6, 6.07) is 0.548. The lowest BCUT2D eigenvalue weighted by Gasteiger charge is -2.37. The molecule has 1 N–H and O–H groups in total. The quantitative estimate of drug-likeness (QED) is 0.943. The van der Waals surface area contributed by atoms with Crippen LogP contribution in [-0.4, -0.2) is 36.1 Å². The van der Waals surface area contributed by atoms with Gasteiger partial charge in [-0.25, -0.2) is 9.97 Å². The second kappa shape index (κ2) is 5.66. The van der Waals surface area contributed by atoms with Gasteiger partial charge >= 0.3 is 0 Å². The largest absolute Gasteiger partial charge is 0.352 e. The first-order valence-corrected chi connectivity index (χ1v) is 8.16. The molecule has 0 bridgehead atoms. The van der Waals surface area contributed by atoms with E-state index < -0.39 is 0 Å². The fourth-order valence-electron chi connectivity index (χ4n) is 3.11. The zero-order chi connectivity index (χ0) is 14.1. The Morgan fingerprint density at radius 3 is 3.00 bits per heavy atom. The summed E-state index contributed by atoms with van der Waals surface area (Å²) in [5.74, 6) is 1.14. The van der Waals surface area contributed by atoms with Gasteiger partial charge in [0.1, 0.15) is 17.0 Å². The SMILES string of the molecule is CNCC1CCCCN1c1ncnc2sc(C)c(C)c12. The minimum absolute atomic E-state index is 0.548. The van der Waals surface area contributed by atoms with Gasteiger partial charge in [-0.15, -0.1) is 11.3 Å². The molecule has 3 heterocycles.